The molecular weight excluding hydrogens is 422 g/mol. The minimum atomic E-state index is -1.58. The van der Waals surface area contributed by atoms with Crippen molar-refractivity contribution >= 4 is 41.4 Å². The Bertz CT molecular complexity index is 633. The molecule has 0 saturated heterocycles. The Hall–Kier alpha value is -2.42. The van der Waals surface area contributed by atoms with Crippen LogP contribution in [0.15, 0.2) is 0 Å². The summed E-state index contributed by atoms with van der Waals surface area (Å²) in [7, 11) is 0. The Morgan fingerprint density at radius 3 is 2.00 bits per heavy atom. The van der Waals surface area contributed by atoms with Crippen LogP contribution >= 0.6 is 11.8 Å². The van der Waals surface area contributed by atoms with Crippen LogP contribution in [0.1, 0.15) is 19.8 Å². The van der Waals surface area contributed by atoms with E-state index in [0.29, 0.717) is 5.75 Å². The van der Waals surface area contributed by atoms with E-state index in [-0.39, 0.29) is 6.42 Å². The smallest absolute Gasteiger partial charge is 0.326 e. The SMILES string of the molecule is CSCCC(NC(=O)C(NC(=O)C(CC(N)=O)NC(=O)C(N)CO)C(C)O)C(=O)O. The number of nitrogens with one attached hydrogen (secondary N) is 3. The van der Waals surface area contributed by atoms with Crippen molar-refractivity contribution < 1.29 is 39.3 Å². The number of thioether (sulfide) groups is 1. The Morgan fingerprint density at radius 1 is 1.00 bits per heavy atom. The summed E-state index contributed by atoms with van der Waals surface area (Å²) in [6.45, 7) is 0.466. The van der Waals surface area contributed by atoms with Gasteiger partial charge >= 0.3 is 5.97 Å². The highest BCUT2D eigenvalue weighted by Gasteiger charge is 2.33. The van der Waals surface area contributed by atoms with Gasteiger partial charge in [-0.3, -0.25) is 19.2 Å². The molecule has 172 valence electrons. The fourth-order valence-electron chi connectivity index (χ4n) is 2.19. The summed E-state index contributed by atoms with van der Waals surface area (Å²) in [5.74, 6) is -4.74. The van der Waals surface area contributed by atoms with Crippen LogP contribution in [0.3, 0.4) is 0 Å². The van der Waals surface area contributed by atoms with Gasteiger partial charge < -0.3 is 42.7 Å². The van der Waals surface area contributed by atoms with E-state index in [9.17, 15) is 34.2 Å². The lowest BCUT2D eigenvalue weighted by molar-refractivity contribution is -0.143. The number of hydrogen-bond donors (Lipinski definition) is 8. The summed E-state index contributed by atoms with van der Waals surface area (Å²) in [5.41, 5.74) is 10.4. The van der Waals surface area contributed by atoms with Crippen molar-refractivity contribution in [2.75, 3.05) is 18.6 Å². The average Bonchev–Trinajstić information content (AvgIpc) is 2.66. The Balaban J connectivity index is 5.35. The second-order valence-corrected chi connectivity index (χ2v) is 7.41. The third kappa shape index (κ3) is 9.87. The summed E-state index contributed by atoms with van der Waals surface area (Å²) in [5, 5.41) is 34.5. The Morgan fingerprint density at radius 2 is 1.57 bits per heavy atom. The Kier molecular flexibility index (Phi) is 12.6. The fraction of sp³-hybridized carbons (Fsp3) is 0.688. The quantitative estimate of drug-likeness (QED) is 0.127. The molecule has 0 aromatic carbocycles. The highest BCUT2D eigenvalue weighted by molar-refractivity contribution is 7.98. The van der Waals surface area contributed by atoms with E-state index in [2.05, 4.69) is 16.0 Å². The Labute approximate surface area is 177 Å². The summed E-state index contributed by atoms with van der Waals surface area (Å²) < 4.78 is 0. The first kappa shape index (κ1) is 27.6. The van der Waals surface area contributed by atoms with Gasteiger partial charge in [-0.15, -0.1) is 0 Å². The normalized spacial score (nSPS) is 15.8. The predicted octanol–water partition coefficient (Wildman–Crippen LogP) is -4.15. The number of primary amides is 1. The maximum absolute atomic E-state index is 12.5. The number of carboxylic acids is 1. The maximum Gasteiger partial charge on any atom is 0.326 e. The van der Waals surface area contributed by atoms with Crippen LogP contribution in [0.5, 0.6) is 0 Å². The van der Waals surface area contributed by atoms with Crippen molar-refractivity contribution in [1.29, 1.82) is 0 Å². The second kappa shape index (κ2) is 13.7. The van der Waals surface area contributed by atoms with Gasteiger partial charge in [0.25, 0.3) is 0 Å². The number of hydrogen-bond acceptors (Lipinski definition) is 9. The van der Waals surface area contributed by atoms with E-state index in [1.807, 2.05) is 0 Å². The molecule has 0 aliphatic rings. The predicted molar refractivity (Wildman–Crippen MR) is 107 cm³/mol. The van der Waals surface area contributed by atoms with Crippen molar-refractivity contribution in [3.63, 3.8) is 0 Å². The van der Waals surface area contributed by atoms with Gasteiger partial charge in [-0.2, -0.15) is 11.8 Å². The zero-order valence-electron chi connectivity index (χ0n) is 16.7. The molecule has 10 N–H and O–H groups in total. The number of aliphatic carboxylic acids is 1. The van der Waals surface area contributed by atoms with Gasteiger partial charge in [0.15, 0.2) is 0 Å². The van der Waals surface area contributed by atoms with Crippen LogP contribution in [-0.2, 0) is 24.0 Å². The summed E-state index contributed by atoms with van der Waals surface area (Å²) in [6, 6.07) is -5.72. The van der Waals surface area contributed by atoms with Crippen LogP contribution < -0.4 is 27.4 Å². The number of amides is 4. The van der Waals surface area contributed by atoms with Crippen molar-refractivity contribution in [3.05, 3.63) is 0 Å². The van der Waals surface area contributed by atoms with Crippen LogP contribution in [0.25, 0.3) is 0 Å². The van der Waals surface area contributed by atoms with Crippen LogP contribution in [0, 0.1) is 0 Å². The molecule has 0 radical (unpaired) electrons. The number of rotatable bonds is 14. The van der Waals surface area contributed by atoms with E-state index in [4.69, 9.17) is 16.6 Å². The molecule has 4 amide bonds. The summed E-state index contributed by atoms with van der Waals surface area (Å²) >= 11 is 1.37. The molecule has 30 heavy (non-hydrogen) atoms. The van der Waals surface area contributed by atoms with E-state index in [1.54, 1.807) is 6.26 Å². The summed E-state index contributed by atoms with van der Waals surface area (Å²) in [6.07, 6.45) is -0.207. The minimum Gasteiger partial charge on any atom is -0.480 e. The zero-order valence-corrected chi connectivity index (χ0v) is 17.5. The third-order valence-electron chi connectivity index (χ3n) is 3.86. The molecule has 0 aromatic rings. The first-order chi connectivity index (χ1) is 13.9. The summed E-state index contributed by atoms with van der Waals surface area (Å²) in [4.78, 5) is 59.3. The third-order valence-corrected chi connectivity index (χ3v) is 4.50. The molecule has 5 atom stereocenters. The lowest BCUT2D eigenvalue weighted by atomic mass is 10.1. The lowest BCUT2D eigenvalue weighted by Crippen LogP contribution is -2.60. The topological polar surface area (TPSA) is 234 Å². The standard InChI is InChI=1S/C16H29N5O8S/c1-7(23)12(15(27)19-9(16(28)29)3-4-30-2)21-14(26)10(5-11(18)24)20-13(25)8(17)6-22/h7-10,12,22-23H,3-6,17H2,1-2H3,(H2,18,24)(H,19,27)(H,20,25)(H,21,26)(H,28,29). The van der Waals surface area contributed by atoms with E-state index >= 15 is 0 Å². The second-order valence-electron chi connectivity index (χ2n) is 6.43. The number of carbonyl (C=O) groups excluding carboxylic acids is 4. The van der Waals surface area contributed by atoms with E-state index < -0.39 is 72.9 Å². The highest BCUT2D eigenvalue weighted by Crippen LogP contribution is 2.04. The molecule has 0 aliphatic heterocycles. The highest BCUT2D eigenvalue weighted by atomic mass is 32.2. The van der Waals surface area contributed by atoms with Gasteiger partial charge in [0.05, 0.1) is 19.1 Å². The van der Waals surface area contributed by atoms with Gasteiger partial charge in [-0.05, 0) is 25.4 Å². The minimum absolute atomic E-state index is 0.113. The molecule has 0 aromatic heterocycles. The van der Waals surface area contributed by atoms with E-state index in [0.717, 1.165) is 0 Å². The number of carbonyl (C=O) groups is 5. The number of carboxylic acid groups (broad SMARTS) is 1. The zero-order chi connectivity index (χ0) is 23.4. The molecule has 13 nitrogen and oxygen atoms in total. The maximum atomic E-state index is 12.5. The fourth-order valence-corrected chi connectivity index (χ4v) is 2.66. The molecule has 14 heteroatoms. The molecule has 0 bridgehead atoms. The molecule has 5 unspecified atom stereocenters. The molecule has 0 saturated carbocycles. The average molecular weight is 452 g/mol. The van der Waals surface area contributed by atoms with Crippen LogP contribution in [0.4, 0.5) is 0 Å². The largest absolute Gasteiger partial charge is 0.480 e. The molecule has 0 rings (SSSR count). The van der Waals surface area contributed by atoms with Crippen LogP contribution in [0.2, 0.25) is 0 Å². The van der Waals surface area contributed by atoms with Crippen molar-refractivity contribution in [2.45, 2.75) is 50.0 Å². The number of aliphatic hydroxyl groups excluding tert-OH is 2. The van der Waals surface area contributed by atoms with Crippen molar-refractivity contribution in [2.24, 2.45) is 11.5 Å². The molecular formula is C16H29N5O8S. The molecule has 0 spiro atoms. The van der Waals surface area contributed by atoms with Crippen molar-refractivity contribution in [3.8, 4) is 0 Å². The van der Waals surface area contributed by atoms with Gasteiger partial charge in [-0.1, -0.05) is 0 Å². The lowest BCUT2D eigenvalue weighted by Gasteiger charge is -2.26. The molecule has 0 heterocycles. The number of nitrogens with two attached hydrogens (primary N) is 2. The van der Waals surface area contributed by atoms with Gasteiger partial charge in [0.2, 0.25) is 23.6 Å². The molecule has 0 aliphatic carbocycles. The number of aliphatic hydroxyl groups is 2. The monoisotopic (exact) mass is 451 g/mol. The van der Waals surface area contributed by atoms with Gasteiger partial charge in [0, 0.05) is 0 Å². The van der Waals surface area contributed by atoms with Gasteiger partial charge in [0.1, 0.15) is 24.2 Å². The van der Waals surface area contributed by atoms with Crippen LogP contribution in [-0.4, -0.2) is 93.8 Å². The van der Waals surface area contributed by atoms with E-state index in [1.165, 1.54) is 18.7 Å². The first-order valence-corrected chi connectivity index (χ1v) is 10.3. The first-order valence-electron chi connectivity index (χ1n) is 8.90. The van der Waals surface area contributed by atoms with Gasteiger partial charge in [-0.25, -0.2) is 4.79 Å². The molecule has 0 fully saturated rings. The van der Waals surface area contributed by atoms with Crippen molar-refractivity contribution in [1.82, 2.24) is 16.0 Å².